The number of carboxylic acid groups (broad SMARTS) is 6. The number of benzene rings is 6. The van der Waals surface area contributed by atoms with E-state index in [9.17, 15) is 77.0 Å². The monoisotopic (exact) mass is 2050 g/mol. The summed E-state index contributed by atoms with van der Waals surface area (Å²) in [6.45, 7) is 32.6. The molecule has 6 aromatic rings. The van der Waals surface area contributed by atoms with E-state index in [-0.39, 0.29) is 104 Å². The van der Waals surface area contributed by atoms with Crippen LogP contribution in [0.2, 0.25) is 0 Å². The molecule has 6 rings (SSSR count). The fraction of sp³-hybridized carbons (Fsp3) is 0.514. The van der Waals surface area contributed by atoms with Crippen LogP contribution in [0.1, 0.15) is 211 Å². The van der Waals surface area contributed by atoms with Gasteiger partial charge in [0.25, 0.3) is 0 Å². The molecule has 0 aliphatic rings. The number of hydrogen-bond donors (Lipinski definition) is 11. The minimum atomic E-state index is -1.17. The summed E-state index contributed by atoms with van der Waals surface area (Å²) in [5, 5.41) is 63.9. The molecule has 0 aliphatic heterocycles. The first-order valence-electron chi connectivity index (χ1n) is 45.4. The Balaban J connectivity index is -0.000000493. The van der Waals surface area contributed by atoms with Crippen LogP contribution in [0.3, 0.4) is 0 Å². The number of nitrogens with one attached hydrogen (secondary N) is 1. The second kappa shape index (κ2) is 82.5. The number of Topliss-reactive ketones (excluding diaryl/α,β-unsaturated/α-hetero) is 1. The Morgan fingerprint density at radius 1 is 0.400 bits per heavy atom. The van der Waals surface area contributed by atoms with Crippen LogP contribution < -0.4 is 16.9 Å². The van der Waals surface area contributed by atoms with E-state index in [2.05, 4.69) is 38.6 Å². The number of ether oxygens (including phenoxy) is 1. The van der Waals surface area contributed by atoms with Crippen LogP contribution >= 0.6 is 59.7 Å². The first-order chi connectivity index (χ1) is 64.8. The summed E-state index contributed by atoms with van der Waals surface area (Å²) < 4.78 is 4.83. The van der Waals surface area contributed by atoms with Crippen molar-refractivity contribution in [2.24, 2.45) is 82.0 Å². The van der Waals surface area contributed by atoms with Gasteiger partial charge in [0.15, 0.2) is 32.9 Å². The summed E-state index contributed by atoms with van der Waals surface area (Å²) in [5.74, 6) is -6.22. The maximum absolute atomic E-state index is 11.7. The highest BCUT2D eigenvalue weighted by Gasteiger charge is 2.31. The molecule has 0 aliphatic carbocycles. The van der Waals surface area contributed by atoms with Gasteiger partial charge in [-0.25, -0.2) is 15.6 Å². The van der Waals surface area contributed by atoms with Crippen LogP contribution in [0.4, 0.5) is 0 Å². The molecule has 0 spiro atoms. The molecule has 9 unspecified atom stereocenters. The molecular weight excluding hydrogens is 1890 g/mol. The smallest absolute Gasteiger partial charge is 0.317 e. The third kappa shape index (κ3) is 78.6. The van der Waals surface area contributed by atoms with Crippen molar-refractivity contribution < 1.29 is 122 Å². The summed E-state index contributed by atoms with van der Waals surface area (Å²) in [4.78, 5) is 175. The van der Waals surface area contributed by atoms with E-state index >= 15 is 0 Å². The SMILES string of the molecule is C.C.CC(=O)SC(CC(C)C)C(=O)O.CC(=O)SCC(CC(C)C)C(=O)O.CC(=O)SCC(Cc1ccccc1)C(=O)O.CC(=O)SCC(N)CC(C)C.CC(C)CC(C(=O)O)C(=O)COC(=O)C(C)(C)C.CC(C)CC(CN(C=O)OCc1ccccc1)C(=O)O.CC(CC(=O)NO)Cc1ccccc1.NC(CS)Cc1ccccc1.O=CN(CC(Cc1ccccc1)C(=O)O)OCc1ccccc1. The molecule has 35 heteroatoms. The van der Waals surface area contributed by atoms with E-state index in [4.69, 9.17) is 56.6 Å². The molecule has 12 N–H and O–H groups in total. The van der Waals surface area contributed by atoms with Gasteiger partial charge in [-0.3, -0.25) is 86.8 Å². The van der Waals surface area contributed by atoms with E-state index in [0.717, 1.165) is 98.4 Å². The van der Waals surface area contributed by atoms with Crippen molar-refractivity contribution in [3.8, 4) is 0 Å². The molecule has 9 atom stereocenters. The number of ketones is 1. The fourth-order valence-electron chi connectivity index (χ4n) is 11.9. The average molecular weight is 2050 g/mol. The summed E-state index contributed by atoms with van der Waals surface area (Å²) >= 11 is 8.49. The summed E-state index contributed by atoms with van der Waals surface area (Å²) in [5.41, 5.74) is 18.7. The van der Waals surface area contributed by atoms with Gasteiger partial charge in [0.1, 0.15) is 24.4 Å². The average Bonchev–Trinajstić information content (AvgIpc) is 0.887. The zero-order valence-corrected chi connectivity index (χ0v) is 87.3. The predicted octanol–water partition coefficient (Wildman–Crippen LogP) is 18.9. The Bertz CT molecular complexity index is 4410. The van der Waals surface area contributed by atoms with Crippen LogP contribution in [-0.4, -0.2) is 193 Å². The van der Waals surface area contributed by atoms with Crippen LogP contribution in [0.5, 0.6) is 0 Å². The second-order valence-electron chi connectivity index (χ2n) is 35.5. The minimum absolute atomic E-state index is 0. The molecule has 0 saturated carbocycles. The minimum Gasteiger partial charge on any atom is -0.481 e. The van der Waals surface area contributed by atoms with Gasteiger partial charge in [-0.15, -0.1) is 0 Å². The summed E-state index contributed by atoms with van der Waals surface area (Å²) in [6, 6.07) is 58.2. The van der Waals surface area contributed by atoms with Crippen LogP contribution in [0, 0.1) is 70.5 Å². The second-order valence-corrected chi connectivity index (χ2v) is 40.9. The fourth-order valence-corrected chi connectivity index (χ4v) is 15.0. The van der Waals surface area contributed by atoms with E-state index < -0.39 is 94.4 Å². The number of aliphatic carboxylic acids is 6. The lowest BCUT2D eigenvalue weighted by atomic mass is 9.93. The highest BCUT2D eigenvalue weighted by atomic mass is 32.2. The van der Waals surface area contributed by atoms with Gasteiger partial charge in [-0.05, 0) is 147 Å². The number of carbonyl (C=O) groups is 15. The number of hydroxylamine groups is 5. The Hall–Kier alpha value is -10.1. The molecule has 0 radical (unpaired) electrons. The van der Waals surface area contributed by atoms with Crippen LogP contribution in [-0.2, 0) is 125 Å². The Kier molecular flexibility index (Phi) is 81.5. The number of carboxylic acids is 6. The van der Waals surface area contributed by atoms with Crippen molar-refractivity contribution >= 4 is 146 Å². The summed E-state index contributed by atoms with van der Waals surface area (Å²) in [7, 11) is 0. The molecule has 0 heterocycles. The van der Waals surface area contributed by atoms with Crippen molar-refractivity contribution in [1.29, 1.82) is 0 Å². The van der Waals surface area contributed by atoms with Gasteiger partial charge in [-0.1, -0.05) is 320 Å². The number of amides is 3. The van der Waals surface area contributed by atoms with E-state index in [1.807, 2.05) is 232 Å². The third-order valence-corrected chi connectivity index (χ3v) is 23.0. The van der Waals surface area contributed by atoms with Crippen molar-refractivity contribution in [2.45, 2.75) is 234 Å². The standard InChI is InChI=1S/C18H19NO4.C15H21NO4.C13H22O5.C12H14O3S.C11H15NO2.C9H13NS.C9H16O3S.C8H17NOS.C8H14O3S.2CH4/c20-14-19(23-13-16-9-5-2-6-10-16)12-17(18(21)22)11-15-7-3-1-4-8-15;1-12(2)8-14(15(18)19)9-16(11-17)20-10-13-6-4-3-5-7-13;1-8(2)6-9(11(15)16)10(14)7-18-12(17)13(3,4)5;1-9(13)16-8-11(12(14)15)7-10-5-3-2-4-6-10;1-9(8-11(13)12-14)7-10-5-3-2-4-6-10;10-9(7-11)6-8-4-2-1-3-5-8;1-6(2)4-8(9(11)12)5-13-7(3)10;1-6(2)4-8(9)5-11-7(3)10;1-5(2)4-7(8(10)11)12-6(3)9;;/h1-10,14,17H,11-13H2,(H,21,22);3-7,11-12,14H,8-10H2,1-2H3,(H,18,19);8-9H,6-7H2,1-5H3,(H,15,16);2-6,11H,7-8H2,1H3,(H,14,15);2-6,9,14H,7-8H2,1H3,(H,12,13);1-5,9,11H,6-7,10H2;6,8H,4-5H2,1-3H3,(H,11,12);6,8H,4-5,9H2,1-3H3;5,7H,4H2,1-3H3,(H,10,11);2*1H4. The lowest BCUT2D eigenvalue weighted by Gasteiger charge is -2.22. The van der Waals surface area contributed by atoms with Gasteiger partial charge >= 0.3 is 41.8 Å². The Labute approximate surface area is 853 Å². The molecular formula is C105H159N5O25S5. The van der Waals surface area contributed by atoms with Crippen molar-refractivity contribution in [2.75, 3.05) is 42.7 Å². The number of nitrogens with zero attached hydrogens (tertiary/aromatic N) is 2. The maximum Gasteiger partial charge on any atom is 0.317 e. The largest absolute Gasteiger partial charge is 0.481 e. The molecule has 3 amide bonds. The van der Waals surface area contributed by atoms with E-state index in [1.165, 1.54) is 43.7 Å². The number of esters is 1. The van der Waals surface area contributed by atoms with Crippen molar-refractivity contribution in [1.82, 2.24) is 15.6 Å². The van der Waals surface area contributed by atoms with Crippen LogP contribution in [0.15, 0.2) is 182 Å². The quantitative estimate of drug-likeness (QED) is 0.00422. The van der Waals surface area contributed by atoms with Crippen molar-refractivity contribution in [3.05, 3.63) is 215 Å². The summed E-state index contributed by atoms with van der Waals surface area (Å²) in [6.07, 6.45) is 6.92. The normalized spacial score (nSPS) is 12.3. The molecule has 784 valence electrons. The maximum atomic E-state index is 11.7. The molecule has 30 nitrogen and oxygen atoms in total. The molecule has 6 aromatic carbocycles. The van der Waals surface area contributed by atoms with Gasteiger partial charge in [0.05, 0.1) is 42.2 Å². The van der Waals surface area contributed by atoms with E-state index in [0.29, 0.717) is 80.6 Å². The number of hydrogen-bond acceptors (Lipinski definition) is 26. The Morgan fingerprint density at radius 3 is 1.03 bits per heavy atom. The lowest BCUT2D eigenvalue weighted by Crippen LogP contribution is -2.33. The topological polar surface area (TPSA) is 496 Å². The zero-order chi connectivity index (χ0) is 105. The number of rotatable bonds is 49. The highest BCUT2D eigenvalue weighted by Crippen LogP contribution is 2.24. The molecule has 140 heavy (non-hydrogen) atoms. The number of thiol groups is 1. The third-order valence-electron chi connectivity index (χ3n) is 18.6. The molecule has 0 bridgehead atoms. The Morgan fingerprint density at radius 2 is 0.721 bits per heavy atom. The molecule has 0 fully saturated rings. The zero-order valence-electron chi connectivity index (χ0n) is 83.1. The van der Waals surface area contributed by atoms with Gasteiger partial charge in [0, 0.05) is 69.2 Å². The highest BCUT2D eigenvalue weighted by molar-refractivity contribution is 8.14. The number of carbonyl (C=O) groups excluding carboxylic acids is 9. The van der Waals surface area contributed by atoms with Crippen molar-refractivity contribution in [3.63, 3.8) is 0 Å². The first kappa shape index (κ1) is 138. The molecule has 0 aromatic heterocycles. The van der Waals surface area contributed by atoms with Gasteiger partial charge < -0.3 is 46.8 Å². The molecule has 0 saturated heterocycles. The van der Waals surface area contributed by atoms with E-state index in [1.54, 1.807) is 33.2 Å². The first-order valence-corrected chi connectivity index (χ1v) is 49.9. The number of nitrogens with two attached hydrogens (primary N) is 2. The number of thioether (sulfide) groups is 4. The lowest BCUT2D eigenvalue weighted by molar-refractivity contribution is -0.184. The van der Waals surface area contributed by atoms with Gasteiger partial charge in [0.2, 0.25) is 18.7 Å². The predicted molar refractivity (Wildman–Crippen MR) is 563 cm³/mol. The van der Waals surface area contributed by atoms with Gasteiger partial charge in [-0.2, -0.15) is 12.6 Å². The van der Waals surface area contributed by atoms with Crippen LogP contribution in [0.25, 0.3) is 0 Å².